The van der Waals surface area contributed by atoms with E-state index in [1.165, 1.54) is 30.7 Å². The van der Waals surface area contributed by atoms with Gasteiger partial charge in [-0.25, -0.2) is 4.98 Å². The van der Waals surface area contributed by atoms with Crippen molar-refractivity contribution in [1.82, 2.24) is 10.3 Å². The smallest absolute Gasteiger partial charge is 0.0940 e. The molecule has 1 N–H and O–H groups in total. The lowest BCUT2D eigenvalue weighted by Gasteiger charge is -2.14. The van der Waals surface area contributed by atoms with E-state index in [-0.39, 0.29) is 0 Å². The van der Waals surface area contributed by atoms with Crippen LogP contribution in [-0.4, -0.2) is 18.1 Å². The molecule has 16 heavy (non-hydrogen) atoms. The second-order valence-electron chi connectivity index (χ2n) is 5.21. The minimum Gasteiger partial charge on any atom is -0.316 e. The van der Waals surface area contributed by atoms with Gasteiger partial charge in [-0.1, -0.05) is 12.8 Å². The first-order valence-corrected chi connectivity index (χ1v) is 7.33. The average molecular weight is 236 g/mol. The summed E-state index contributed by atoms with van der Waals surface area (Å²) in [5, 5.41) is 6.91. The van der Waals surface area contributed by atoms with Crippen LogP contribution in [0.4, 0.5) is 0 Å². The van der Waals surface area contributed by atoms with E-state index in [4.69, 9.17) is 0 Å². The van der Waals surface area contributed by atoms with Gasteiger partial charge in [-0.05, 0) is 37.6 Å². The minimum absolute atomic E-state index is 0.666. The Hall–Kier alpha value is -0.410. The monoisotopic (exact) mass is 236 g/mol. The van der Waals surface area contributed by atoms with Gasteiger partial charge in [0.1, 0.15) is 0 Å². The zero-order chi connectivity index (χ0) is 11.0. The number of rotatable bonds is 4. The van der Waals surface area contributed by atoms with Crippen LogP contribution in [-0.2, 0) is 6.42 Å². The second kappa shape index (κ2) is 4.46. The molecule has 2 aliphatic rings. The highest BCUT2D eigenvalue weighted by Gasteiger charge is 2.53. The Morgan fingerprint density at radius 1 is 1.44 bits per heavy atom. The molecule has 2 saturated carbocycles. The molecule has 1 aromatic rings. The quantitative estimate of drug-likeness (QED) is 0.869. The van der Waals surface area contributed by atoms with Crippen LogP contribution >= 0.6 is 11.3 Å². The summed E-state index contributed by atoms with van der Waals surface area (Å²) >= 11 is 1.79. The molecule has 3 atom stereocenters. The lowest BCUT2D eigenvalue weighted by atomic mass is 10.0. The molecule has 0 aliphatic heterocycles. The van der Waals surface area contributed by atoms with Crippen LogP contribution in [0.1, 0.15) is 30.7 Å². The summed E-state index contributed by atoms with van der Waals surface area (Å²) in [5.41, 5.74) is 0. The van der Waals surface area contributed by atoms with E-state index in [0.29, 0.717) is 6.04 Å². The van der Waals surface area contributed by atoms with Gasteiger partial charge in [-0.3, -0.25) is 0 Å². The molecule has 2 aliphatic carbocycles. The summed E-state index contributed by atoms with van der Waals surface area (Å²) in [6.45, 7) is 0. The summed E-state index contributed by atoms with van der Waals surface area (Å²) in [7, 11) is 2.11. The maximum atomic E-state index is 4.41. The van der Waals surface area contributed by atoms with Crippen LogP contribution in [0.25, 0.3) is 0 Å². The van der Waals surface area contributed by atoms with Crippen molar-refractivity contribution in [3.63, 3.8) is 0 Å². The number of hydrogen-bond donors (Lipinski definition) is 1. The predicted octanol–water partition coefficient (Wildman–Crippen LogP) is 2.71. The van der Waals surface area contributed by atoms with Gasteiger partial charge < -0.3 is 5.32 Å². The molecule has 0 saturated heterocycles. The van der Waals surface area contributed by atoms with Crippen molar-refractivity contribution in [1.29, 1.82) is 0 Å². The molecule has 2 nitrogen and oxygen atoms in total. The first kappa shape index (κ1) is 10.7. The van der Waals surface area contributed by atoms with Crippen molar-refractivity contribution in [2.75, 3.05) is 7.05 Å². The van der Waals surface area contributed by atoms with Gasteiger partial charge in [0.15, 0.2) is 0 Å². The highest BCUT2D eigenvalue weighted by Crippen LogP contribution is 2.57. The molecule has 0 aromatic carbocycles. The SMILES string of the molecule is CNC(Cc1nccs1)C1C2CCCCC21. The van der Waals surface area contributed by atoms with Crippen LogP contribution in [0.2, 0.25) is 0 Å². The first-order valence-electron chi connectivity index (χ1n) is 6.46. The molecule has 3 unspecified atom stereocenters. The molecule has 2 fully saturated rings. The van der Waals surface area contributed by atoms with Crippen molar-refractivity contribution in [3.8, 4) is 0 Å². The number of nitrogens with one attached hydrogen (secondary N) is 1. The van der Waals surface area contributed by atoms with E-state index in [9.17, 15) is 0 Å². The van der Waals surface area contributed by atoms with Crippen molar-refractivity contribution in [3.05, 3.63) is 16.6 Å². The third-order valence-corrected chi connectivity index (χ3v) is 5.24. The lowest BCUT2D eigenvalue weighted by Crippen LogP contribution is -2.31. The molecule has 0 radical (unpaired) electrons. The number of nitrogens with zero attached hydrogens (tertiary/aromatic N) is 1. The number of fused-ring (bicyclic) bond motifs is 1. The van der Waals surface area contributed by atoms with Crippen molar-refractivity contribution < 1.29 is 0 Å². The maximum Gasteiger partial charge on any atom is 0.0940 e. The van der Waals surface area contributed by atoms with Crippen LogP contribution in [0.5, 0.6) is 0 Å². The topological polar surface area (TPSA) is 24.9 Å². The molecule has 1 heterocycles. The molecule has 0 spiro atoms. The molecule has 3 rings (SSSR count). The van der Waals surface area contributed by atoms with Crippen molar-refractivity contribution in [2.45, 2.75) is 38.1 Å². The third-order valence-electron chi connectivity index (χ3n) is 4.44. The zero-order valence-corrected chi connectivity index (χ0v) is 10.7. The molecule has 0 amide bonds. The molecule has 0 bridgehead atoms. The Balaban J connectivity index is 1.63. The highest BCUT2D eigenvalue weighted by molar-refractivity contribution is 7.09. The van der Waals surface area contributed by atoms with Crippen LogP contribution in [0.3, 0.4) is 0 Å². The summed E-state index contributed by atoms with van der Waals surface area (Å²) < 4.78 is 0. The Labute approximate surface area is 101 Å². The van der Waals surface area contributed by atoms with Gasteiger partial charge in [-0.2, -0.15) is 0 Å². The molecular formula is C13H20N2S. The number of thiazole rings is 1. The summed E-state index contributed by atoms with van der Waals surface area (Å²) in [5.74, 6) is 3.01. The fourth-order valence-electron chi connectivity index (χ4n) is 3.62. The van der Waals surface area contributed by atoms with Crippen molar-refractivity contribution in [2.24, 2.45) is 17.8 Å². The number of hydrogen-bond acceptors (Lipinski definition) is 3. The maximum absolute atomic E-state index is 4.41. The Morgan fingerprint density at radius 3 is 2.75 bits per heavy atom. The van der Waals surface area contributed by atoms with Gasteiger partial charge in [-0.15, -0.1) is 11.3 Å². The van der Waals surface area contributed by atoms with Gasteiger partial charge in [0.2, 0.25) is 0 Å². The van der Waals surface area contributed by atoms with E-state index in [0.717, 1.165) is 24.2 Å². The lowest BCUT2D eigenvalue weighted by molar-refractivity contribution is 0.459. The largest absolute Gasteiger partial charge is 0.316 e. The minimum atomic E-state index is 0.666. The van der Waals surface area contributed by atoms with Crippen LogP contribution in [0, 0.1) is 17.8 Å². The van der Waals surface area contributed by atoms with E-state index in [1.807, 2.05) is 6.20 Å². The normalized spacial score (nSPS) is 34.4. The fourth-order valence-corrected chi connectivity index (χ4v) is 4.29. The van der Waals surface area contributed by atoms with E-state index >= 15 is 0 Å². The second-order valence-corrected chi connectivity index (χ2v) is 6.19. The fraction of sp³-hybridized carbons (Fsp3) is 0.769. The Bertz CT molecular complexity index is 324. The molecular weight excluding hydrogens is 216 g/mol. The van der Waals surface area contributed by atoms with E-state index in [2.05, 4.69) is 22.7 Å². The van der Waals surface area contributed by atoms with Crippen molar-refractivity contribution >= 4 is 11.3 Å². The zero-order valence-electron chi connectivity index (χ0n) is 9.86. The molecule has 3 heteroatoms. The molecule has 1 aromatic heterocycles. The van der Waals surface area contributed by atoms with E-state index < -0.39 is 0 Å². The Kier molecular flexibility index (Phi) is 2.99. The standard InChI is InChI=1S/C13H20N2S/c1-14-11(8-12-15-6-7-16-12)13-9-4-2-3-5-10(9)13/h6-7,9-11,13-14H,2-5,8H2,1H3. The third kappa shape index (κ3) is 1.91. The first-order chi connectivity index (χ1) is 7.90. The number of likely N-dealkylation sites (N-methyl/N-ethyl adjacent to an activating group) is 1. The molecule has 88 valence electrons. The summed E-state index contributed by atoms with van der Waals surface area (Å²) in [4.78, 5) is 4.41. The van der Waals surface area contributed by atoms with Gasteiger partial charge in [0.05, 0.1) is 5.01 Å². The van der Waals surface area contributed by atoms with E-state index in [1.54, 1.807) is 11.3 Å². The summed E-state index contributed by atoms with van der Waals surface area (Å²) in [6, 6.07) is 0.666. The Morgan fingerprint density at radius 2 is 2.19 bits per heavy atom. The predicted molar refractivity (Wildman–Crippen MR) is 67.6 cm³/mol. The summed E-state index contributed by atoms with van der Waals surface area (Å²) in [6.07, 6.45) is 8.94. The van der Waals surface area contributed by atoms with Gasteiger partial charge in [0.25, 0.3) is 0 Å². The number of aromatic nitrogens is 1. The van der Waals surface area contributed by atoms with Gasteiger partial charge >= 0.3 is 0 Å². The van der Waals surface area contributed by atoms with Gasteiger partial charge in [0, 0.05) is 24.0 Å². The average Bonchev–Trinajstić information content (AvgIpc) is 2.81. The highest BCUT2D eigenvalue weighted by atomic mass is 32.1. The van der Waals surface area contributed by atoms with Crippen LogP contribution < -0.4 is 5.32 Å². The van der Waals surface area contributed by atoms with Crippen LogP contribution in [0.15, 0.2) is 11.6 Å².